The van der Waals surface area contributed by atoms with Gasteiger partial charge in [-0.1, -0.05) is 12.1 Å². The molecule has 0 unspecified atom stereocenters. The number of hydrogen-bond acceptors (Lipinski definition) is 8. The SMILES string of the molecule is CN(C)CCN1C(=O)c2ccccc2Oc2cnccc21.O=C(O)/C=C\C(=O)O.O=C(O)/C=C\C(=O)O. The summed E-state index contributed by atoms with van der Waals surface area (Å²) in [4.78, 5) is 58.9. The maximum atomic E-state index is 12.8. The molecule has 3 rings (SSSR count). The van der Waals surface area contributed by atoms with Crippen molar-refractivity contribution in [2.75, 3.05) is 32.1 Å². The molecule has 37 heavy (non-hydrogen) atoms. The Bertz CT molecular complexity index is 1120. The number of pyridine rings is 1. The molecular weight excluding hydrogens is 490 g/mol. The summed E-state index contributed by atoms with van der Waals surface area (Å²) in [5.41, 5.74) is 1.33. The third-order valence-corrected chi connectivity index (χ3v) is 4.14. The fourth-order valence-electron chi connectivity index (χ4n) is 2.59. The summed E-state index contributed by atoms with van der Waals surface area (Å²) < 4.78 is 5.87. The molecule has 0 bridgehead atoms. The summed E-state index contributed by atoms with van der Waals surface area (Å²) in [6.45, 7) is 1.37. The van der Waals surface area contributed by atoms with Crippen LogP contribution in [0.3, 0.4) is 0 Å². The number of benzene rings is 1. The number of carboxylic acids is 4. The minimum atomic E-state index is -1.26. The van der Waals surface area contributed by atoms with Gasteiger partial charge in [0.25, 0.3) is 5.91 Å². The number of carbonyl (C=O) groups excluding carboxylic acids is 1. The lowest BCUT2D eigenvalue weighted by Gasteiger charge is -2.23. The highest BCUT2D eigenvalue weighted by atomic mass is 16.5. The Hall–Kier alpha value is -5.04. The van der Waals surface area contributed by atoms with Gasteiger partial charge in [-0.3, -0.25) is 9.78 Å². The highest BCUT2D eigenvalue weighted by molar-refractivity contribution is 6.09. The van der Waals surface area contributed by atoms with Gasteiger partial charge in [0.2, 0.25) is 0 Å². The third-order valence-electron chi connectivity index (χ3n) is 4.14. The van der Waals surface area contributed by atoms with E-state index >= 15 is 0 Å². The smallest absolute Gasteiger partial charge is 0.328 e. The van der Waals surface area contributed by atoms with Gasteiger partial charge in [0.05, 0.1) is 17.4 Å². The highest BCUT2D eigenvalue weighted by Crippen LogP contribution is 2.37. The molecule has 13 heteroatoms. The molecule has 0 atom stereocenters. The minimum Gasteiger partial charge on any atom is -0.478 e. The number of anilines is 1. The van der Waals surface area contributed by atoms with Crippen LogP contribution in [0.2, 0.25) is 0 Å². The molecule has 0 saturated heterocycles. The number of carboxylic acid groups (broad SMARTS) is 4. The summed E-state index contributed by atoms with van der Waals surface area (Å²) in [6, 6.07) is 9.12. The summed E-state index contributed by atoms with van der Waals surface area (Å²) in [5, 5.41) is 31.2. The normalized spacial score (nSPS) is 11.8. The van der Waals surface area contributed by atoms with Crippen LogP contribution < -0.4 is 9.64 Å². The minimum absolute atomic E-state index is 0.0441. The molecule has 0 aliphatic carbocycles. The Kier molecular flexibility index (Phi) is 12.2. The molecule has 1 aromatic carbocycles. The standard InChI is InChI=1S/C16H17N3O2.2C4H4O4/c1-18(2)9-10-19-13-7-8-17-11-15(13)21-14-6-4-3-5-12(14)16(19)20;2*5-3(6)1-2-4(7)8/h3-8,11H,9-10H2,1-2H3;2*1-2H,(H,5,6)(H,7,8)/b;2*2-1-. The van der Waals surface area contributed by atoms with Gasteiger partial charge in [-0.25, -0.2) is 19.2 Å². The second-order valence-electron chi connectivity index (χ2n) is 7.22. The van der Waals surface area contributed by atoms with Crippen molar-refractivity contribution in [2.24, 2.45) is 0 Å². The molecular formula is C24H25N3O10. The van der Waals surface area contributed by atoms with Gasteiger partial charge < -0.3 is 35.0 Å². The topological polar surface area (TPSA) is 195 Å². The van der Waals surface area contributed by atoms with Crippen LogP contribution in [-0.2, 0) is 19.2 Å². The van der Waals surface area contributed by atoms with E-state index in [1.54, 1.807) is 29.4 Å². The van der Waals surface area contributed by atoms with E-state index in [4.69, 9.17) is 25.2 Å². The van der Waals surface area contributed by atoms with Crippen molar-refractivity contribution >= 4 is 35.5 Å². The number of para-hydroxylation sites is 1. The molecule has 0 spiro atoms. The Morgan fingerprint density at radius 2 is 1.38 bits per heavy atom. The highest BCUT2D eigenvalue weighted by Gasteiger charge is 2.27. The van der Waals surface area contributed by atoms with Crippen molar-refractivity contribution in [1.82, 2.24) is 9.88 Å². The Labute approximate surface area is 211 Å². The number of ether oxygens (including phenoxy) is 1. The molecule has 2 heterocycles. The third kappa shape index (κ3) is 11.3. The monoisotopic (exact) mass is 515 g/mol. The predicted molar refractivity (Wildman–Crippen MR) is 130 cm³/mol. The first-order valence-corrected chi connectivity index (χ1v) is 10.4. The van der Waals surface area contributed by atoms with E-state index in [0.717, 1.165) is 12.2 Å². The maximum Gasteiger partial charge on any atom is 0.328 e. The second kappa shape index (κ2) is 15.1. The van der Waals surface area contributed by atoms with Crippen LogP contribution in [-0.4, -0.2) is 87.3 Å². The molecule has 196 valence electrons. The Morgan fingerprint density at radius 3 is 1.86 bits per heavy atom. The molecule has 2 aromatic rings. The number of fused-ring (bicyclic) bond motifs is 2. The van der Waals surface area contributed by atoms with E-state index in [0.29, 0.717) is 47.9 Å². The number of nitrogens with zero attached hydrogens (tertiary/aromatic N) is 3. The zero-order valence-corrected chi connectivity index (χ0v) is 19.8. The van der Waals surface area contributed by atoms with E-state index in [-0.39, 0.29) is 5.91 Å². The van der Waals surface area contributed by atoms with E-state index < -0.39 is 23.9 Å². The van der Waals surface area contributed by atoms with Crippen LogP contribution in [0.4, 0.5) is 5.69 Å². The summed E-state index contributed by atoms with van der Waals surface area (Å²) in [5.74, 6) is -3.89. The first-order chi connectivity index (χ1) is 17.4. The van der Waals surface area contributed by atoms with Crippen molar-refractivity contribution in [1.29, 1.82) is 0 Å². The molecule has 0 radical (unpaired) electrons. The van der Waals surface area contributed by atoms with Gasteiger partial charge in [0.15, 0.2) is 5.75 Å². The second-order valence-corrected chi connectivity index (χ2v) is 7.22. The largest absolute Gasteiger partial charge is 0.478 e. The Morgan fingerprint density at radius 1 is 0.865 bits per heavy atom. The van der Waals surface area contributed by atoms with Crippen molar-refractivity contribution < 1.29 is 49.1 Å². The number of likely N-dealkylation sites (N-methyl/N-ethyl adjacent to an activating group) is 1. The summed E-state index contributed by atoms with van der Waals surface area (Å²) in [7, 11) is 3.97. The van der Waals surface area contributed by atoms with Crippen LogP contribution in [0.15, 0.2) is 67.0 Å². The van der Waals surface area contributed by atoms with Crippen molar-refractivity contribution in [2.45, 2.75) is 0 Å². The zero-order valence-electron chi connectivity index (χ0n) is 19.8. The van der Waals surface area contributed by atoms with Gasteiger partial charge in [0, 0.05) is 43.6 Å². The quantitative estimate of drug-likeness (QED) is 0.391. The van der Waals surface area contributed by atoms with Gasteiger partial charge in [0.1, 0.15) is 5.75 Å². The molecule has 1 amide bonds. The van der Waals surface area contributed by atoms with Crippen molar-refractivity contribution in [3.8, 4) is 11.5 Å². The summed E-state index contributed by atoms with van der Waals surface area (Å²) >= 11 is 0. The lowest BCUT2D eigenvalue weighted by atomic mass is 10.1. The van der Waals surface area contributed by atoms with Crippen molar-refractivity contribution in [3.05, 3.63) is 72.6 Å². The van der Waals surface area contributed by atoms with Gasteiger partial charge in [-0.05, 0) is 32.3 Å². The van der Waals surface area contributed by atoms with Crippen LogP contribution >= 0.6 is 0 Å². The first-order valence-electron chi connectivity index (χ1n) is 10.4. The fraction of sp³-hybridized carbons (Fsp3) is 0.167. The number of carbonyl (C=O) groups is 5. The molecule has 1 aliphatic heterocycles. The fourth-order valence-corrected chi connectivity index (χ4v) is 2.59. The average molecular weight is 515 g/mol. The van der Waals surface area contributed by atoms with Crippen molar-refractivity contribution in [3.63, 3.8) is 0 Å². The first kappa shape index (κ1) is 30.0. The molecule has 0 saturated carbocycles. The molecule has 13 nitrogen and oxygen atoms in total. The lowest BCUT2D eigenvalue weighted by molar-refractivity contribution is -0.134. The molecule has 1 aromatic heterocycles. The number of amides is 1. The van der Waals surface area contributed by atoms with Crippen LogP contribution in [0.25, 0.3) is 0 Å². The molecule has 4 N–H and O–H groups in total. The average Bonchev–Trinajstić information content (AvgIpc) is 2.95. The predicted octanol–water partition coefficient (Wildman–Crippen LogP) is 1.82. The number of aromatic nitrogens is 1. The van der Waals surface area contributed by atoms with Crippen LogP contribution in [0.1, 0.15) is 10.4 Å². The molecule has 1 aliphatic rings. The van der Waals surface area contributed by atoms with E-state index in [1.807, 2.05) is 37.2 Å². The van der Waals surface area contributed by atoms with Gasteiger partial charge in [-0.15, -0.1) is 0 Å². The zero-order chi connectivity index (χ0) is 28.0. The maximum absolute atomic E-state index is 12.8. The van der Waals surface area contributed by atoms with Crippen LogP contribution in [0.5, 0.6) is 11.5 Å². The number of rotatable bonds is 7. The molecule has 0 fully saturated rings. The van der Waals surface area contributed by atoms with E-state index in [9.17, 15) is 24.0 Å². The Balaban J connectivity index is 0.000000355. The van der Waals surface area contributed by atoms with E-state index in [2.05, 4.69) is 4.98 Å². The van der Waals surface area contributed by atoms with E-state index in [1.165, 1.54) is 0 Å². The van der Waals surface area contributed by atoms with Gasteiger partial charge in [-0.2, -0.15) is 0 Å². The number of hydrogen-bond donors (Lipinski definition) is 4. The lowest BCUT2D eigenvalue weighted by Crippen LogP contribution is -2.36. The van der Waals surface area contributed by atoms with Crippen LogP contribution in [0, 0.1) is 0 Å². The number of aliphatic carboxylic acids is 4. The summed E-state index contributed by atoms with van der Waals surface area (Å²) in [6.07, 6.45) is 5.55. The van der Waals surface area contributed by atoms with Gasteiger partial charge >= 0.3 is 23.9 Å².